The molecule has 110 valence electrons. The molecule has 21 heavy (non-hydrogen) atoms. The molecule has 0 aliphatic heterocycles. The summed E-state index contributed by atoms with van der Waals surface area (Å²) in [7, 11) is 0. The Hall–Kier alpha value is -1.61. The molecule has 1 amide bonds. The van der Waals surface area contributed by atoms with Crippen LogP contribution >= 0.6 is 11.3 Å². The molecule has 1 saturated carbocycles. The summed E-state index contributed by atoms with van der Waals surface area (Å²) in [5, 5.41) is 3.21. The first-order chi connectivity index (χ1) is 10.3. The largest absolute Gasteiger partial charge is 0.349 e. The molecular formula is C18H21NOS. The number of rotatable bonds is 3. The van der Waals surface area contributed by atoms with Crippen LogP contribution in [0.4, 0.5) is 0 Å². The Morgan fingerprint density at radius 1 is 0.952 bits per heavy atom. The van der Waals surface area contributed by atoms with Crippen LogP contribution in [0.3, 0.4) is 0 Å². The maximum absolute atomic E-state index is 12.4. The van der Waals surface area contributed by atoms with Crippen molar-refractivity contribution in [3.63, 3.8) is 0 Å². The molecule has 1 fully saturated rings. The average molecular weight is 299 g/mol. The number of carbonyl (C=O) groups excluding carboxylic acids is 1. The van der Waals surface area contributed by atoms with E-state index in [4.69, 9.17) is 0 Å². The van der Waals surface area contributed by atoms with E-state index < -0.39 is 0 Å². The number of benzene rings is 1. The smallest absolute Gasteiger partial charge is 0.261 e. The molecule has 0 unspecified atom stereocenters. The van der Waals surface area contributed by atoms with Gasteiger partial charge in [0.25, 0.3) is 5.91 Å². The van der Waals surface area contributed by atoms with Crippen LogP contribution < -0.4 is 5.32 Å². The molecule has 0 radical (unpaired) electrons. The monoisotopic (exact) mass is 299 g/mol. The Kier molecular flexibility index (Phi) is 4.71. The zero-order valence-corrected chi connectivity index (χ0v) is 13.0. The zero-order chi connectivity index (χ0) is 14.5. The molecule has 0 spiro atoms. The van der Waals surface area contributed by atoms with E-state index in [1.807, 2.05) is 30.3 Å². The molecule has 1 aliphatic rings. The molecule has 1 heterocycles. The molecule has 1 aromatic heterocycles. The predicted molar refractivity (Wildman–Crippen MR) is 88.7 cm³/mol. The number of amides is 1. The maximum Gasteiger partial charge on any atom is 0.261 e. The third-order valence-electron chi connectivity index (χ3n) is 4.08. The van der Waals surface area contributed by atoms with Crippen LogP contribution in [0.15, 0.2) is 42.5 Å². The van der Waals surface area contributed by atoms with Gasteiger partial charge in [-0.25, -0.2) is 0 Å². The molecule has 0 saturated heterocycles. The van der Waals surface area contributed by atoms with Gasteiger partial charge in [-0.2, -0.15) is 0 Å². The lowest BCUT2D eigenvalue weighted by atomic mass is 10.1. The first-order valence-electron chi connectivity index (χ1n) is 7.79. The van der Waals surface area contributed by atoms with Crippen molar-refractivity contribution >= 4 is 17.2 Å². The first kappa shape index (κ1) is 14.3. The minimum Gasteiger partial charge on any atom is -0.349 e. The lowest BCUT2D eigenvalue weighted by Gasteiger charge is -2.15. The predicted octanol–water partition coefficient (Wildman–Crippen LogP) is 4.87. The van der Waals surface area contributed by atoms with Gasteiger partial charge in [0.2, 0.25) is 0 Å². The standard InChI is InChI=1S/C18H21NOS/c20-18(19-15-10-6-1-2-7-11-15)17-13-12-16(21-17)14-8-4-3-5-9-14/h3-5,8-9,12-13,15H,1-2,6-7,10-11H2,(H,19,20). The third kappa shape index (κ3) is 3.73. The van der Waals surface area contributed by atoms with Crippen molar-refractivity contribution in [1.29, 1.82) is 0 Å². The van der Waals surface area contributed by atoms with Crippen molar-refractivity contribution in [3.8, 4) is 10.4 Å². The molecule has 0 bridgehead atoms. The van der Waals surface area contributed by atoms with E-state index in [0.717, 1.165) is 22.6 Å². The van der Waals surface area contributed by atoms with Gasteiger partial charge in [-0.3, -0.25) is 4.79 Å². The van der Waals surface area contributed by atoms with Crippen LogP contribution in [0, 0.1) is 0 Å². The fourth-order valence-corrected chi connectivity index (χ4v) is 3.81. The molecule has 1 aromatic carbocycles. The van der Waals surface area contributed by atoms with Gasteiger partial charge in [-0.15, -0.1) is 11.3 Å². The van der Waals surface area contributed by atoms with Crippen LogP contribution in [-0.2, 0) is 0 Å². The SMILES string of the molecule is O=C(NC1CCCCCC1)c1ccc(-c2ccccc2)s1. The number of hydrogen-bond acceptors (Lipinski definition) is 2. The molecule has 3 rings (SSSR count). The Balaban J connectivity index is 1.66. The van der Waals surface area contributed by atoms with Gasteiger partial charge < -0.3 is 5.32 Å². The summed E-state index contributed by atoms with van der Waals surface area (Å²) in [6, 6.07) is 14.6. The van der Waals surface area contributed by atoms with Gasteiger partial charge in [0.1, 0.15) is 0 Å². The van der Waals surface area contributed by atoms with E-state index >= 15 is 0 Å². The quantitative estimate of drug-likeness (QED) is 0.805. The molecule has 1 N–H and O–H groups in total. The van der Waals surface area contributed by atoms with E-state index in [9.17, 15) is 4.79 Å². The van der Waals surface area contributed by atoms with Crippen molar-refractivity contribution in [3.05, 3.63) is 47.3 Å². The van der Waals surface area contributed by atoms with Gasteiger partial charge in [-0.1, -0.05) is 56.0 Å². The van der Waals surface area contributed by atoms with E-state index in [0.29, 0.717) is 6.04 Å². The van der Waals surface area contributed by atoms with Gasteiger partial charge in [0, 0.05) is 10.9 Å². The van der Waals surface area contributed by atoms with Crippen LogP contribution in [0.25, 0.3) is 10.4 Å². The minimum absolute atomic E-state index is 0.0917. The van der Waals surface area contributed by atoms with Crippen LogP contribution in [0.5, 0.6) is 0 Å². The van der Waals surface area contributed by atoms with Gasteiger partial charge in [0.15, 0.2) is 0 Å². The van der Waals surface area contributed by atoms with Crippen LogP contribution in [0.1, 0.15) is 48.2 Å². The Morgan fingerprint density at radius 2 is 1.67 bits per heavy atom. The second-order valence-electron chi connectivity index (χ2n) is 5.69. The van der Waals surface area contributed by atoms with E-state index in [-0.39, 0.29) is 5.91 Å². The summed E-state index contributed by atoms with van der Waals surface area (Å²) in [5.74, 6) is 0.0917. The summed E-state index contributed by atoms with van der Waals surface area (Å²) in [4.78, 5) is 14.3. The second kappa shape index (κ2) is 6.90. The van der Waals surface area contributed by atoms with Crippen LogP contribution in [-0.4, -0.2) is 11.9 Å². The fraction of sp³-hybridized carbons (Fsp3) is 0.389. The summed E-state index contributed by atoms with van der Waals surface area (Å²) in [6.07, 6.45) is 7.35. The second-order valence-corrected chi connectivity index (χ2v) is 6.78. The number of carbonyl (C=O) groups is 1. The normalized spacial score (nSPS) is 16.4. The lowest BCUT2D eigenvalue weighted by Crippen LogP contribution is -2.33. The molecule has 2 aromatic rings. The van der Waals surface area contributed by atoms with Crippen molar-refractivity contribution in [2.75, 3.05) is 0 Å². The fourth-order valence-electron chi connectivity index (χ4n) is 2.90. The maximum atomic E-state index is 12.4. The van der Waals surface area contributed by atoms with Gasteiger partial charge in [-0.05, 0) is 30.5 Å². The molecule has 1 aliphatic carbocycles. The van der Waals surface area contributed by atoms with Crippen molar-refractivity contribution < 1.29 is 4.79 Å². The number of nitrogens with one attached hydrogen (secondary N) is 1. The highest BCUT2D eigenvalue weighted by Crippen LogP contribution is 2.28. The zero-order valence-electron chi connectivity index (χ0n) is 12.2. The van der Waals surface area contributed by atoms with Gasteiger partial charge in [0.05, 0.1) is 4.88 Å². The minimum atomic E-state index is 0.0917. The van der Waals surface area contributed by atoms with Crippen LogP contribution in [0.2, 0.25) is 0 Å². The average Bonchev–Trinajstić information content (AvgIpc) is 2.88. The summed E-state index contributed by atoms with van der Waals surface area (Å²) < 4.78 is 0. The molecular weight excluding hydrogens is 278 g/mol. The lowest BCUT2D eigenvalue weighted by molar-refractivity contribution is 0.0937. The third-order valence-corrected chi connectivity index (χ3v) is 5.21. The van der Waals surface area contributed by atoms with Crippen molar-refractivity contribution in [2.45, 2.75) is 44.6 Å². The highest BCUT2D eigenvalue weighted by molar-refractivity contribution is 7.17. The highest BCUT2D eigenvalue weighted by atomic mass is 32.1. The van der Waals surface area contributed by atoms with E-state index in [2.05, 4.69) is 17.4 Å². The Labute approximate surface area is 130 Å². The highest BCUT2D eigenvalue weighted by Gasteiger charge is 2.17. The summed E-state index contributed by atoms with van der Waals surface area (Å²) >= 11 is 1.58. The first-order valence-corrected chi connectivity index (χ1v) is 8.61. The molecule has 3 heteroatoms. The topological polar surface area (TPSA) is 29.1 Å². The molecule has 0 atom stereocenters. The number of hydrogen-bond donors (Lipinski definition) is 1. The Morgan fingerprint density at radius 3 is 2.38 bits per heavy atom. The summed E-state index contributed by atoms with van der Waals surface area (Å²) in [6.45, 7) is 0. The number of thiophene rings is 1. The Bertz CT molecular complexity index is 582. The van der Waals surface area contributed by atoms with E-state index in [1.165, 1.54) is 31.2 Å². The van der Waals surface area contributed by atoms with Crippen molar-refractivity contribution in [2.24, 2.45) is 0 Å². The van der Waals surface area contributed by atoms with Crippen molar-refractivity contribution in [1.82, 2.24) is 5.32 Å². The van der Waals surface area contributed by atoms with E-state index in [1.54, 1.807) is 11.3 Å². The molecule has 2 nitrogen and oxygen atoms in total. The van der Waals surface area contributed by atoms with Gasteiger partial charge >= 0.3 is 0 Å². The summed E-state index contributed by atoms with van der Waals surface area (Å²) in [5.41, 5.74) is 1.18.